The van der Waals surface area contributed by atoms with Crippen molar-refractivity contribution in [3.8, 4) is 6.07 Å². The number of urea groups is 1. The first-order chi connectivity index (χ1) is 18.7. The van der Waals surface area contributed by atoms with Gasteiger partial charge in [-0.1, -0.05) is 0 Å². The van der Waals surface area contributed by atoms with Crippen LogP contribution >= 0.6 is 0 Å². The monoisotopic (exact) mass is 546 g/mol. The van der Waals surface area contributed by atoms with E-state index in [1.807, 2.05) is 11.2 Å². The zero-order valence-electron chi connectivity index (χ0n) is 21.2. The van der Waals surface area contributed by atoms with Crippen molar-refractivity contribution in [2.24, 2.45) is 0 Å². The van der Waals surface area contributed by atoms with Crippen LogP contribution in [0.2, 0.25) is 0 Å². The highest BCUT2D eigenvalue weighted by molar-refractivity contribution is 5.75. The summed E-state index contributed by atoms with van der Waals surface area (Å²) in [4.78, 5) is 36.5. The Kier molecular flexibility index (Phi) is 7.60. The van der Waals surface area contributed by atoms with E-state index in [1.165, 1.54) is 6.20 Å². The van der Waals surface area contributed by atoms with E-state index in [9.17, 15) is 22.8 Å². The number of carbonyl (C=O) groups is 1. The van der Waals surface area contributed by atoms with Crippen LogP contribution in [0.3, 0.4) is 0 Å². The second-order valence-corrected chi connectivity index (χ2v) is 9.91. The van der Waals surface area contributed by atoms with Crippen molar-refractivity contribution in [1.82, 2.24) is 25.0 Å². The zero-order chi connectivity index (χ0) is 27.6. The number of nitriles is 1. The van der Waals surface area contributed by atoms with E-state index in [1.54, 1.807) is 26.8 Å². The van der Waals surface area contributed by atoms with Crippen molar-refractivity contribution >= 4 is 17.5 Å². The lowest BCUT2D eigenvalue weighted by Crippen LogP contribution is -2.52. The van der Waals surface area contributed by atoms with E-state index in [-0.39, 0.29) is 30.5 Å². The third-order valence-corrected chi connectivity index (χ3v) is 7.50. The van der Waals surface area contributed by atoms with Gasteiger partial charge in [0.05, 0.1) is 36.2 Å². The average molecular weight is 547 g/mol. The summed E-state index contributed by atoms with van der Waals surface area (Å²) in [5.74, 6) is 0.773. The van der Waals surface area contributed by atoms with Crippen molar-refractivity contribution < 1.29 is 22.7 Å². The molecule has 0 aromatic carbocycles. The molecule has 3 aliphatic rings. The summed E-state index contributed by atoms with van der Waals surface area (Å²) in [6, 6.07) is 5.21. The number of likely N-dealkylation sites (tertiary alicyclic amines) is 1. The van der Waals surface area contributed by atoms with E-state index in [0.717, 1.165) is 12.0 Å². The third-order valence-electron chi connectivity index (χ3n) is 7.50. The maximum atomic E-state index is 13.6. The standard InChI is InChI=1S/C25H29F3N8O3/c26-25(27,28)22-20(14-31-32-23(22)37)36-6-1-2-18(36)16-39-19-5-7-35(15-19)24(38)34-10-8-33(9-11-34)21-4-3-17(12-29)13-30-21/h3-4,13-14,18-19H,1-2,5-11,15-16H2,(H,32,37)/t18-,19-/m0/s1. The van der Waals surface area contributed by atoms with E-state index in [4.69, 9.17) is 10.00 Å². The molecule has 1 N–H and O–H groups in total. The van der Waals surface area contributed by atoms with Gasteiger partial charge in [0, 0.05) is 52.0 Å². The molecule has 2 atom stereocenters. The number of pyridine rings is 1. The lowest BCUT2D eigenvalue weighted by Gasteiger charge is -2.37. The summed E-state index contributed by atoms with van der Waals surface area (Å²) < 4.78 is 46.8. The Morgan fingerprint density at radius 1 is 1.10 bits per heavy atom. The minimum atomic E-state index is -4.80. The second-order valence-electron chi connectivity index (χ2n) is 9.91. The molecule has 0 spiro atoms. The molecule has 2 amide bonds. The van der Waals surface area contributed by atoms with Gasteiger partial charge in [-0.2, -0.15) is 23.5 Å². The molecule has 11 nitrogen and oxygen atoms in total. The van der Waals surface area contributed by atoms with Gasteiger partial charge < -0.3 is 24.3 Å². The summed E-state index contributed by atoms with van der Waals surface area (Å²) in [5.41, 5.74) is -2.23. The van der Waals surface area contributed by atoms with Gasteiger partial charge in [-0.05, 0) is 31.4 Å². The van der Waals surface area contributed by atoms with Gasteiger partial charge in [0.2, 0.25) is 0 Å². The fourth-order valence-electron chi connectivity index (χ4n) is 5.46. The van der Waals surface area contributed by atoms with Gasteiger partial charge in [0.1, 0.15) is 17.5 Å². The number of aromatic nitrogens is 3. The number of nitrogens with one attached hydrogen (secondary N) is 1. The first-order valence-electron chi connectivity index (χ1n) is 12.9. The number of hydrogen-bond donors (Lipinski definition) is 1. The fourth-order valence-corrected chi connectivity index (χ4v) is 5.46. The topological polar surface area (TPSA) is 122 Å². The van der Waals surface area contributed by atoms with Crippen LogP contribution in [0.5, 0.6) is 0 Å². The largest absolute Gasteiger partial charge is 0.423 e. The molecule has 39 heavy (non-hydrogen) atoms. The number of hydrogen-bond acceptors (Lipinski definition) is 8. The van der Waals surface area contributed by atoms with Crippen LogP contribution in [0, 0.1) is 11.3 Å². The fraction of sp³-hybridized carbons (Fsp3) is 0.560. The summed E-state index contributed by atoms with van der Waals surface area (Å²) in [6.45, 7) is 3.90. The molecule has 0 unspecified atom stereocenters. The lowest BCUT2D eigenvalue weighted by molar-refractivity contribution is -0.138. The molecule has 14 heteroatoms. The molecule has 2 aromatic rings. The quantitative estimate of drug-likeness (QED) is 0.605. The van der Waals surface area contributed by atoms with Gasteiger partial charge in [0.15, 0.2) is 0 Å². The summed E-state index contributed by atoms with van der Waals surface area (Å²) >= 11 is 0. The molecule has 208 valence electrons. The van der Waals surface area contributed by atoms with Crippen LogP contribution in [-0.2, 0) is 10.9 Å². The second kappa shape index (κ2) is 11.1. The van der Waals surface area contributed by atoms with Crippen LogP contribution in [-0.4, -0.2) is 95.6 Å². The summed E-state index contributed by atoms with van der Waals surface area (Å²) in [5, 5.41) is 14.4. The van der Waals surface area contributed by atoms with E-state index >= 15 is 0 Å². The maximum absolute atomic E-state index is 13.6. The maximum Gasteiger partial charge on any atom is 0.423 e. The Hall–Kier alpha value is -3.86. The van der Waals surface area contributed by atoms with Crippen molar-refractivity contribution in [3.05, 3.63) is 46.0 Å². The van der Waals surface area contributed by atoms with Gasteiger partial charge >= 0.3 is 12.2 Å². The molecule has 2 aromatic heterocycles. The summed E-state index contributed by atoms with van der Waals surface area (Å²) in [6.07, 6.45) is -0.456. The molecule has 3 saturated heterocycles. The van der Waals surface area contributed by atoms with Gasteiger partial charge in [-0.25, -0.2) is 14.9 Å². The molecular weight excluding hydrogens is 517 g/mol. The van der Waals surface area contributed by atoms with Crippen molar-refractivity contribution in [1.29, 1.82) is 5.26 Å². The van der Waals surface area contributed by atoms with Gasteiger partial charge in [-0.3, -0.25) is 4.79 Å². The number of halogens is 3. The van der Waals surface area contributed by atoms with Crippen LogP contribution < -0.4 is 15.4 Å². The van der Waals surface area contributed by atoms with Crippen LogP contribution in [0.15, 0.2) is 29.3 Å². The molecule has 5 heterocycles. The predicted molar refractivity (Wildman–Crippen MR) is 134 cm³/mol. The highest BCUT2D eigenvalue weighted by Gasteiger charge is 2.41. The predicted octanol–water partition coefficient (Wildman–Crippen LogP) is 2.06. The normalized spacial score (nSPS) is 21.9. The first kappa shape index (κ1) is 26.7. The number of piperazine rings is 1. The molecule has 3 fully saturated rings. The SMILES string of the molecule is N#Cc1ccc(N2CCN(C(=O)N3CC[C@H](OC[C@@H]4CCCN4c4cn[nH]c(=O)c4C(F)(F)F)C3)CC2)nc1. The molecule has 0 saturated carbocycles. The van der Waals surface area contributed by atoms with E-state index in [0.29, 0.717) is 70.6 Å². The number of H-pyrrole nitrogens is 1. The van der Waals surface area contributed by atoms with Gasteiger partial charge in [-0.15, -0.1) is 0 Å². The summed E-state index contributed by atoms with van der Waals surface area (Å²) in [7, 11) is 0. The molecule has 5 rings (SSSR count). The molecule has 0 radical (unpaired) electrons. The number of rotatable bonds is 5. The molecule has 3 aliphatic heterocycles. The molecule has 0 bridgehead atoms. The Morgan fingerprint density at radius 3 is 2.59 bits per heavy atom. The zero-order valence-corrected chi connectivity index (χ0v) is 21.2. The van der Waals surface area contributed by atoms with Crippen LogP contribution in [0.1, 0.15) is 30.4 Å². The van der Waals surface area contributed by atoms with Gasteiger partial charge in [0.25, 0.3) is 5.56 Å². The number of aromatic amines is 1. The Bertz CT molecular complexity index is 1270. The Balaban J connectivity index is 1.12. The van der Waals surface area contributed by atoms with Crippen molar-refractivity contribution in [3.63, 3.8) is 0 Å². The number of nitrogens with zero attached hydrogens (tertiary/aromatic N) is 7. The average Bonchev–Trinajstić information content (AvgIpc) is 3.60. The number of ether oxygens (including phenoxy) is 1. The first-order valence-corrected chi connectivity index (χ1v) is 12.9. The number of alkyl halides is 3. The highest BCUT2D eigenvalue weighted by Crippen LogP contribution is 2.36. The minimum Gasteiger partial charge on any atom is -0.374 e. The Labute approximate surface area is 222 Å². The van der Waals surface area contributed by atoms with E-state index in [2.05, 4.69) is 15.0 Å². The van der Waals surface area contributed by atoms with Crippen LogP contribution in [0.25, 0.3) is 0 Å². The third kappa shape index (κ3) is 5.78. The highest BCUT2D eigenvalue weighted by atomic mass is 19.4. The van der Waals surface area contributed by atoms with Crippen molar-refractivity contribution in [2.75, 3.05) is 62.2 Å². The molecular formula is C25H29F3N8O3. The molecule has 0 aliphatic carbocycles. The van der Waals surface area contributed by atoms with E-state index < -0.39 is 17.3 Å². The van der Waals surface area contributed by atoms with Crippen LogP contribution in [0.4, 0.5) is 29.5 Å². The number of anilines is 2. The van der Waals surface area contributed by atoms with Crippen molar-refractivity contribution in [2.45, 2.75) is 37.6 Å². The lowest BCUT2D eigenvalue weighted by atomic mass is 10.2. The minimum absolute atomic E-state index is 0.0552. The Morgan fingerprint density at radius 2 is 1.90 bits per heavy atom. The number of amides is 2. The smallest absolute Gasteiger partial charge is 0.374 e. The number of carbonyl (C=O) groups excluding carboxylic acids is 1.